The van der Waals surface area contributed by atoms with Crippen LogP contribution in [-0.4, -0.2) is 52.0 Å². The van der Waals surface area contributed by atoms with Crippen molar-refractivity contribution in [3.63, 3.8) is 0 Å². The molecule has 0 spiro atoms. The van der Waals surface area contributed by atoms with Gasteiger partial charge in [0.05, 0.1) is 5.69 Å². The molecule has 1 aliphatic rings. The minimum Gasteiger partial charge on any atom is -0.351 e. The number of rotatable bonds is 3. The van der Waals surface area contributed by atoms with E-state index in [-0.39, 0.29) is 5.91 Å². The number of aromatic nitrogens is 2. The quantitative estimate of drug-likeness (QED) is 0.852. The summed E-state index contributed by atoms with van der Waals surface area (Å²) in [5, 5.41) is 3.76. The first-order chi connectivity index (χ1) is 10.2. The minimum atomic E-state index is -0.0726. The van der Waals surface area contributed by atoms with E-state index in [0.29, 0.717) is 18.8 Å². The van der Waals surface area contributed by atoms with E-state index in [1.165, 1.54) is 5.56 Å². The van der Waals surface area contributed by atoms with Crippen LogP contribution in [0.15, 0.2) is 35.1 Å². The third-order valence-electron chi connectivity index (χ3n) is 3.63. The van der Waals surface area contributed by atoms with Crippen LogP contribution in [0, 0.1) is 6.92 Å². The number of hydrogen-bond acceptors (Lipinski definition) is 5. The van der Waals surface area contributed by atoms with E-state index in [1.807, 2.05) is 24.1 Å². The van der Waals surface area contributed by atoms with Crippen molar-refractivity contribution in [2.75, 3.05) is 26.2 Å². The van der Waals surface area contributed by atoms with Crippen LogP contribution in [0.1, 0.15) is 21.8 Å². The lowest BCUT2D eigenvalue weighted by Crippen LogP contribution is -2.48. The molecule has 6 heteroatoms. The predicted octanol–water partition coefficient (Wildman–Crippen LogP) is 1.34. The van der Waals surface area contributed by atoms with Gasteiger partial charge in [0.15, 0.2) is 0 Å². The molecule has 0 aromatic carbocycles. The molecule has 110 valence electrons. The van der Waals surface area contributed by atoms with E-state index in [2.05, 4.69) is 21.1 Å². The molecule has 2 aromatic rings. The first-order valence-electron chi connectivity index (χ1n) is 7.06. The molecule has 6 nitrogen and oxygen atoms in total. The molecule has 2 aromatic heterocycles. The lowest BCUT2D eigenvalue weighted by molar-refractivity contribution is 0.0588. The highest BCUT2D eigenvalue weighted by molar-refractivity contribution is 5.91. The molecule has 0 bridgehead atoms. The summed E-state index contributed by atoms with van der Waals surface area (Å²) in [5.41, 5.74) is 1.93. The molecule has 0 saturated carbocycles. The molecule has 0 aliphatic carbocycles. The average molecular weight is 286 g/mol. The Morgan fingerprint density at radius 1 is 1.33 bits per heavy atom. The van der Waals surface area contributed by atoms with Gasteiger partial charge in [0.1, 0.15) is 0 Å². The number of amides is 1. The van der Waals surface area contributed by atoms with E-state index in [1.54, 1.807) is 12.3 Å². The van der Waals surface area contributed by atoms with Gasteiger partial charge in [0, 0.05) is 51.2 Å². The molecule has 0 unspecified atom stereocenters. The summed E-state index contributed by atoms with van der Waals surface area (Å²) >= 11 is 0. The van der Waals surface area contributed by atoms with Crippen molar-refractivity contribution < 1.29 is 9.32 Å². The zero-order valence-electron chi connectivity index (χ0n) is 12.0. The smallest absolute Gasteiger partial charge is 0.292 e. The SMILES string of the molecule is Cc1cc(C(=O)N2CCN(Cc3cccnc3)CC2)on1. The van der Waals surface area contributed by atoms with Gasteiger partial charge >= 0.3 is 0 Å². The Bertz CT molecular complexity index is 603. The third kappa shape index (κ3) is 3.28. The Kier molecular flexibility index (Phi) is 3.96. The molecule has 1 fully saturated rings. The first kappa shape index (κ1) is 13.8. The molecular formula is C15H18N4O2. The summed E-state index contributed by atoms with van der Waals surface area (Å²) in [6.45, 7) is 5.81. The van der Waals surface area contributed by atoms with Crippen molar-refractivity contribution in [3.8, 4) is 0 Å². The van der Waals surface area contributed by atoms with Crippen LogP contribution in [0.25, 0.3) is 0 Å². The standard InChI is InChI=1S/C15H18N4O2/c1-12-9-14(21-17-12)15(20)19-7-5-18(6-8-19)11-13-3-2-4-16-10-13/h2-4,9-10H,5-8,11H2,1H3. The fraction of sp³-hybridized carbons (Fsp3) is 0.400. The Morgan fingerprint density at radius 2 is 2.14 bits per heavy atom. The van der Waals surface area contributed by atoms with Crippen LogP contribution in [0.2, 0.25) is 0 Å². The van der Waals surface area contributed by atoms with E-state index >= 15 is 0 Å². The molecule has 1 saturated heterocycles. The van der Waals surface area contributed by atoms with Crippen LogP contribution in [0.5, 0.6) is 0 Å². The second-order valence-corrected chi connectivity index (χ2v) is 5.26. The molecule has 1 amide bonds. The van der Waals surface area contributed by atoms with E-state index in [4.69, 9.17) is 4.52 Å². The monoisotopic (exact) mass is 286 g/mol. The second kappa shape index (κ2) is 6.05. The maximum Gasteiger partial charge on any atom is 0.292 e. The zero-order valence-corrected chi connectivity index (χ0v) is 12.0. The van der Waals surface area contributed by atoms with E-state index in [9.17, 15) is 4.79 Å². The van der Waals surface area contributed by atoms with Gasteiger partial charge in [-0.3, -0.25) is 14.7 Å². The summed E-state index contributed by atoms with van der Waals surface area (Å²) in [4.78, 5) is 20.5. The van der Waals surface area contributed by atoms with Gasteiger partial charge in [0.25, 0.3) is 5.91 Å². The summed E-state index contributed by atoms with van der Waals surface area (Å²) in [6.07, 6.45) is 3.66. The molecular weight excluding hydrogens is 268 g/mol. The van der Waals surface area contributed by atoms with Crippen LogP contribution in [0.4, 0.5) is 0 Å². The van der Waals surface area contributed by atoms with E-state index in [0.717, 1.165) is 25.3 Å². The third-order valence-corrected chi connectivity index (χ3v) is 3.63. The highest BCUT2D eigenvalue weighted by Gasteiger charge is 2.24. The highest BCUT2D eigenvalue weighted by atomic mass is 16.5. The van der Waals surface area contributed by atoms with Crippen LogP contribution in [0.3, 0.4) is 0 Å². The number of carbonyl (C=O) groups excluding carboxylic acids is 1. The minimum absolute atomic E-state index is 0.0726. The average Bonchev–Trinajstić information content (AvgIpc) is 2.95. The molecule has 1 aliphatic heterocycles. The largest absolute Gasteiger partial charge is 0.351 e. The lowest BCUT2D eigenvalue weighted by atomic mass is 10.2. The van der Waals surface area contributed by atoms with Crippen LogP contribution >= 0.6 is 0 Å². The topological polar surface area (TPSA) is 62.5 Å². The molecule has 3 rings (SSSR count). The van der Waals surface area contributed by atoms with Gasteiger partial charge in [-0.1, -0.05) is 11.2 Å². The van der Waals surface area contributed by atoms with Crippen LogP contribution < -0.4 is 0 Å². The Labute approximate surface area is 123 Å². The van der Waals surface area contributed by atoms with Crippen molar-refractivity contribution in [1.82, 2.24) is 19.9 Å². The van der Waals surface area contributed by atoms with Crippen molar-refractivity contribution in [1.29, 1.82) is 0 Å². The summed E-state index contributed by atoms with van der Waals surface area (Å²) in [5.74, 6) is 0.254. The van der Waals surface area contributed by atoms with Crippen molar-refractivity contribution in [2.45, 2.75) is 13.5 Å². The van der Waals surface area contributed by atoms with Gasteiger partial charge in [-0.25, -0.2) is 0 Å². The predicted molar refractivity (Wildman–Crippen MR) is 76.7 cm³/mol. The number of pyridine rings is 1. The Hall–Kier alpha value is -2.21. The molecule has 0 radical (unpaired) electrons. The van der Waals surface area contributed by atoms with Crippen molar-refractivity contribution in [3.05, 3.63) is 47.6 Å². The van der Waals surface area contributed by atoms with Gasteiger partial charge in [-0.15, -0.1) is 0 Å². The highest BCUT2D eigenvalue weighted by Crippen LogP contribution is 2.11. The van der Waals surface area contributed by atoms with Gasteiger partial charge in [0.2, 0.25) is 5.76 Å². The van der Waals surface area contributed by atoms with Crippen molar-refractivity contribution in [2.24, 2.45) is 0 Å². The molecule has 0 atom stereocenters. The number of hydrogen-bond donors (Lipinski definition) is 0. The first-order valence-corrected chi connectivity index (χ1v) is 7.06. The van der Waals surface area contributed by atoms with Crippen molar-refractivity contribution >= 4 is 5.91 Å². The zero-order chi connectivity index (χ0) is 14.7. The maximum absolute atomic E-state index is 12.2. The maximum atomic E-state index is 12.2. The summed E-state index contributed by atoms with van der Waals surface area (Å²) in [7, 11) is 0. The fourth-order valence-corrected chi connectivity index (χ4v) is 2.48. The van der Waals surface area contributed by atoms with E-state index < -0.39 is 0 Å². The van der Waals surface area contributed by atoms with Crippen LogP contribution in [-0.2, 0) is 6.54 Å². The van der Waals surface area contributed by atoms with Gasteiger partial charge in [-0.2, -0.15) is 0 Å². The fourth-order valence-electron chi connectivity index (χ4n) is 2.48. The molecule has 21 heavy (non-hydrogen) atoms. The second-order valence-electron chi connectivity index (χ2n) is 5.26. The van der Waals surface area contributed by atoms with Gasteiger partial charge in [-0.05, 0) is 18.6 Å². The normalized spacial score (nSPS) is 16.1. The summed E-state index contributed by atoms with van der Waals surface area (Å²) in [6, 6.07) is 5.70. The number of carbonyl (C=O) groups is 1. The number of aryl methyl sites for hydroxylation is 1. The summed E-state index contributed by atoms with van der Waals surface area (Å²) < 4.78 is 5.04. The molecule has 0 N–H and O–H groups in total. The Morgan fingerprint density at radius 3 is 2.76 bits per heavy atom. The number of nitrogens with zero attached hydrogens (tertiary/aromatic N) is 4. The Balaban J connectivity index is 1.54. The molecule has 3 heterocycles. The number of piperazine rings is 1. The lowest BCUT2D eigenvalue weighted by Gasteiger charge is -2.34. The van der Waals surface area contributed by atoms with Gasteiger partial charge < -0.3 is 9.42 Å².